The predicted octanol–water partition coefficient (Wildman–Crippen LogP) is 0.758. The van der Waals surface area contributed by atoms with E-state index in [4.69, 9.17) is 0 Å². The molecule has 3 rings (SSSR count). The quantitative estimate of drug-likeness (QED) is 0.760. The number of aromatic nitrogens is 2. The lowest BCUT2D eigenvalue weighted by Crippen LogP contribution is -2.44. The van der Waals surface area contributed by atoms with E-state index in [1.54, 1.807) is 0 Å². The van der Waals surface area contributed by atoms with Crippen LogP contribution in [0.2, 0.25) is 0 Å². The Morgan fingerprint density at radius 1 is 1.19 bits per heavy atom. The second kappa shape index (κ2) is 7.01. The second-order valence-corrected chi connectivity index (χ2v) is 8.46. The van der Waals surface area contributed by atoms with Crippen LogP contribution in [-0.4, -0.2) is 34.4 Å². The summed E-state index contributed by atoms with van der Waals surface area (Å²) in [6, 6.07) is 2.44. The molecule has 0 amide bonds. The van der Waals surface area contributed by atoms with Gasteiger partial charge in [-0.15, -0.1) is 0 Å². The topological polar surface area (TPSA) is 81.4 Å². The Hall–Kier alpha value is -2.33. The standard InChI is InChI=1S/C17H19F2N3O4S/c1-20-10-15(16(23)21(2)17(20)24)27(25,26)22-7-3-4-13(22)9-11-8-12(18)5-6-14(11)19/h5-6,8,10,13H,3-4,7,9H2,1-2H3. The summed E-state index contributed by atoms with van der Waals surface area (Å²) >= 11 is 0. The van der Waals surface area contributed by atoms with E-state index in [0.29, 0.717) is 12.8 Å². The van der Waals surface area contributed by atoms with Crippen molar-refractivity contribution in [3.05, 3.63) is 62.4 Å². The molecule has 0 aliphatic carbocycles. The summed E-state index contributed by atoms with van der Waals surface area (Å²) in [6.45, 7) is 0.163. The molecule has 10 heteroatoms. The third kappa shape index (κ3) is 3.46. The third-order valence-electron chi connectivity index (χ3n) is 4.79. The van der Waals surface area contributed by atoms with Crippen LogP contribution in [0.25, 0.3) is 0 Å². The van der Waals surface area contributed by atoms with E-state index < -0.39 is 43.8 Å². The first-order valence-electron chi connectivity index (χ1n) is 8.35. The fraction of sp³-hybridized carbons (Fsp3) is 0.412. The number of aryl methyl sites for hydroxylation is 1. The average molecular weight is 399 g/mol. The first kappa shape index (κ1) is 19.4. The molecule has 1 aromatic heterocycles. The minimum absolute atomic E-state index is 0.00506. The van der Waals surface area contributed by atoms with E-state index in [0.717, 1.165) is 37.8 Å². The Balaban J connectivity index is 2.01. The molecule has 1 aliphatic rings. The van der Waals surface area contributed by atoms with E-state index in [-0.39, 0.29) is 18.5 Å². The van der Waals surface area contributed by atoms with Gasteiger partial charge in [-0.3, -0.25) is 9.36 Å². The molecule has 1 saturated heterocycles. The van der Waals surface area contributed by atoms with Gasteiger partial charge >= 0.3 is 5.69 Å². The van der Waals surface area contributed by atoms with Gasteiger partial charge in [-0.25, -0.2) is 22.0 Å². The highest BCUT2D eigenvalue weighted by Gasteiger charge is 2.37. The highest BCUT2D eigenvalue weighted by Crippen LogP contribution is 2.27. The maximum atomic E-state index is 14.0. The summed E-state index contributed by atoms with van der Waals surface area (Å²) in [6.07, 6.45) is 1.99. The van der Waals surface area contributed by atoms with E-state index >= 15 is 0 Å². The van der Waals surface area contributed by atoms with Crippen LogP contribution in [0.5, 0.6) is 0 Å². The lowest BCUT2D eigenvalue weighted by Gasteiger charge is -2.24. The molecule has 0 bridgehead atoms. The van der Waals surface area contributed by atoms with Gasteiger partial charge < -0.3 is 4.57 Å². The Labute approximate surface area is 154 Å². The molecule has 0 radical (unpaired) electrons. The summed E-state index contributed by atoms with van der Waals surface area (Å²) in [5, 5.41) is 0. The third-order valence-corrected chi connectivity index (χ3v) is 6.72. The first-order chi connectivity index (χ1) is 12.6. The van der Waals surface area contributed by atoms with Crippen molar-refractivity contribution in [3.8, 4) is 0 Å². The number of hydrogen-bond acceptors (Lipinski definition) is 4. The summed E-state index contributed by atoms with van der Waals surface area (Å²) in [7, 11) is -1.65. The molecule has 0 saturated carbocycles. The molecule has 1 aromatic carbocycles. The summed E-state index contributed by atoms with van der Waals surface area (Å²) < 4.78 is 56.4. The molecule has 146 valence electrons. The fourth-order valence-electron chi connectivity index (χ4n) is 3.36. The Bertz CT molecular complexity index is 1110. The van der Waals surface area contributed by atoms with Crippen molar-refractivity contribution >= 4 is 10.0 Å². The molecule has 2 heterocycles. The number of sulfonamides is 1. The van der Waals surface area contributed by atoms with Gasteiger partial charge in [0.15, 0.2) is 4.90 Å². The Morgan fingerprint density at radius 3 is 2.59 bits per heavy atom. The maximum Gasteiger partial charge on any atom is 0.330 e. The van der Waals surface area contributed by atoms with Crippen LogP contribution in [-0.2, 0) is 30.5 Å². The van der Waals surface area contributed by atoms with Crippen LogP contribution in [0.15, 0.2) is 38.9 Å². The van der Waals surface area contributed by atoms with Crippen molar-refractivity contribution in [1.82, 2.24) is 13.4 Å². The fourth-order valence-corrected chi connectivity index (χ4v) is 5.21. The highest BCUT2D eigenvalue weighted by molar-refractivity contribution is 7.89. The zero-order chi connectivity index (χ0) is 19.9. The Kier molecular flexibility index (Phi) is 5.04. The number of hydrogen-bond donors (Lipinski definition) is 0. The number of halogens is 2. The number of nitrogens with zero attached hydrogens (tertiary/aromatic N) is 3. The van der Waals surface area contributed by atoms with Gasteiger partial charge in [0.1, 0.15) is 11.6 Å². The zero-order valence-corrected chi connectivity index (χ0v) is 15.7. The largest absolute Gasteiger partial charge is 0.330 e. The van der Waals surface area contributed by atoms with Gasteiger partial charge in [0.05, 0.1) is 0 Å². The minimum atomic E-state index is -4.20. The lowest BCUT2D eigenvalue weighted by molar-refractivity contribution is 0.380. The van der Waals surface area contributed by atoms with Crippen LogP contribution in [0.4, 0.5) is 8.78 Å². The molecule has 1 atom stereocenters. The molecule has 27 heavy (non-hydrogen) atoms. The molecule has 1 aliphatic heterocycles. The van der Waals surface area contributed by atoms with Gasteiger partial charge in [-0.2, -0.15) is 4.31 Å². The maximum absolute atomic E-state index is 14.0. The number of benzene rings is 1. The van der Waals surface area contributed by atoms with Crippen molar-refractivity contribution in [1.29, 1.82) is 0 Å². The van der Waals surface area contributed by atoms with Gasteiger partial charge in [0.2, 0.25) is 10.0 Å². The van der Waals surface area contributed by atoms with Crippen LogP contribution >= 0.6 is 0 Å². The Morgan fingerprint density at radius 2 is 1.89 bits per heavy atom. The summed E-state index contributed by atoms with van der Waals surface area (Å²) in [4.78, 5) is 23.6. The molecular weight excluding hydrogens is 380 g/mol. The minimum Gasteiger partial charge on any atom is -0.302 e. The zero-order valence-electron chi connectivity index (χ0n) is 14.9. The van der Waals surface area contributed by atoms with Gasteiger partial charge in [-0.1, -0.05) is 0 Å². The monoisotopic (exact) mass is 399 g/mol. The molecule has 0 spiro atoms. The first-order valence-corrected chi connectivity index (χ1v) is 9.79. The lowest BCUT2D eigenvalue weighted by atomic mass is 10.0. The highest BCUT2D eigenvalue weighted by atomic mass is 32.2. The van der Waals surface area contributed by atoms with Crippen molar-refractivity contribution in [2.45, 2.75) is 30.2 Å². The average Bonchev–Trinajstić information content (AvgIpc) is 3.08. The van der Waals surface area contributed by atoms with Gasteiger partial charge in [0, 0.05) is 32.9 Å². The normalized spacial score (nSPS) is 18.1. The van der Waals surface area contributed by atoms with Crippen molar-refractivity contribution in [2.75, 3.05) is 6.54 Å². The van der Waals surface area contributed by atoms with Crippen LogP contribution in [0, 0.1) is 11.6 Å². The molecule has 1 fully saturated rings. The van der Waals surface area contributed by atoms with E-state index in [1.807, 2.05) is 0 Å². The van der Waals surface area contributed by atoms with E-state index in [1.165, 1.54) is 14.1 Å². The number of rotatable bonds is 4. The molecular formula is C17H19F2N3O4S. The molecule has 1 unspecified atom stereocenters. The van der Waals surface area contributed by atoms with Crippen LogP contribution < -0.4 is 11.2 Å². The second-order valence-electron chi connectivity index (χ2n) is 6.60. The van der Waals surface area contributed by atoms with Crippen molar-refractivity contribution in [3.63, 3.8) is 0 Å². The van der Waals surface area contributed by atoms with Gasteiger partial charge in [0.25, 0.3) is 5.56 Å². The van der Waals surface area contributed by atoms with Crippen molar-refractivity contribution in [2.24, 2.45) is 14.1 Å². The molecule has 2 aromatic rings. The molecule has 7 nitrogen and oxygen atoms in total. The predicted molar refractivity (Wildman–Crippen MR) is 93.9 cm³/mol. The van der Waals surface area contributed by atoms with Crippen LogP contribution in [0.3, 0.4) is 0 Å². The van der Waals surface area contributed by atoms with E-state index in [9.17, 15) is 26.8 Å². The smallest absolute Gasteiger partial charge is 0.302 e. The summed E-state index contributed by atoms with van der Waals surface area (Å²) in [5.74, 6) is -1.22. The van der Waals surface area contributed by atoms with E-state index in [2.05, 4.69) is 0 Å². The SMILES string of the molecule is Cn1cc(S(=O)(=O)N2CCCC2Cc2cc(F)ccc2F)c(=O)n(C)c1=O. The van der Waals surface area contributed by atoms with Crippen LogP contribution in [0.1, 0.15) is 18.4 Å². The van der Waals surface area contributed by atoms with Crippen molar-refractivity contribution < 1.29 is 17.2 Å². The molecule has 0 N–H and O–H groups in total. The van der Waals surface area contributed by atoms with Gasteiger partial charge in [-0.05, 0) is 43.0 Å². The summed E-state index contributed by atoms with van der Waals surface area (Å²) in [5.41, 5.74) is -1.48.